The van der Waals surface area contributed by atoms with Gasteiger partial charge >= 0.3 is 18.4 Å². The van der Waals surface area contributed by atoms with Crippen LogP contribution in [0.3, 0.4) is 0 Å². The summed E-state index contributed by atoms with van der Waals surface area (Å²) in [4.78, 5) is 12.5. The second kappa shape index (κ2) is 8.21. The molecular formula is C13H17F6N5O. The first-order chi connectivity index (χ1) is 11.5. The van der Waals surface area contributed by atoms with Gasteiger partial charge in [-0.25, -0.2) is 0 Å². The van der Waals surface area contributed by atoms with Gasteiger partial charge in [-0.3, -0.25) is 0 Å². The third-order valence-electron chi connectivity index (χ3n) is 2.87. The summed E-state index contributed by atoms with van der Waals surface area (Å²) >= 11 is 0. The van der Waals surface area contributed by atoms with Crippen LogP contribution in [0.1, 0.15) is 13.8 Å². The molecule has 1 N–H and O–H groups in total. The quantitative estimate of drug-likeness (QED) is 0.558. The lowest BCUT2D eigenvalue weighted by Crippen LogP contribution is -2.47. The monoisotopic (exact) mass is 373 g/mol. The molecule has 0 aliphatic rings. The number of hydrogen-bond donors (Lipinski definition) is 1. The molecule has 0 aliphatic carbocycles. The molecule has 1 aromatic rings. The van der Waals surface area contributed by atoms with Crippen molar-refractivity contribution in [3.63, 3.8) is 0 Å². The predicted octanol–water partition coefficient (Wildman–Crippen LogP) is 3.19. The van der Waals surface area contributed by atoms with Crippen molar-refractivity contribution in [1.29, 1.82) is 0 Å². The lowest BCUT2D eigenvalue weighted by molar-refractivity contribution is -0.301. The Bertz CT molecular complexity index is 559. The average molecular weight is 373 g/mol. The largest absolute Gasteiger partial charge is 0.440 e. The van der Waals surface area contributed by atoms with Gasteiger partial charge < -0.3 is 15.0 Å². The van der Waals surface area contributed by atoms with Gasteiger partial charge in [0.25, 0.3) is 6.10 Å². The Labute approximate surface area is 139 Å². The zero-order valence-electron chi connectivity index (χ0n) is 13.4. The molecule has 1 rings (SSSR count). The van der Waals surface area contributed by atoms with Crippen molar-refractivity contribution in [3.8, 4) is 6.01 Å². The highest BCUT2D eigenvalue weighted by molar-refractivity contribution is 5.38. The summed E-state index contributed by atoms with van der Waals surface area (Å²) in [5.74, 6) is -0.334. The highest BCUT2D eigenvalue weighted by Crippen LogP contribution is 2.36. The van der Waals surface area contributed by atoms with Crippen molar-refractivity contribution >= 4 is 11.9 Å². The van der Waals surface area contributed by atoms with Gasteiger partial charge in [0.2, 0.25) is 11.9 Å². The average Bonchev–Trinajstić information content (AvgIpc) is 2.49. The van der Waals surface area contributed by atoms with Crippen LogP contribution in [0.5, 0.6) is 6.01 Å². The van der Waals surface area contributed by atoms with Crippen molar-refractivity contribution in [3.05, 3.63) is 12.7 Å². The first kappa shape index (κ1) is 20.8. The van der Waals surface area contributed by atoms with E-state index in [1.807, 2.05) is 0 Å². The molecule has 25 heavy (non-hydrogen) atoms. The van der Waals surface area contributed by atoms with Crippen LogP contribution >= 0.6 is 0 Å². The van der Waals surface area contributed by atoms with Crippen LogP contribution in [0, 0.1) is 0 Å². The van der Waals surface area contributed by atoms with E-state index in [0.717, 1.165) is 0 Å². The Morgan fingerprint density at radius 1 is 1.08 bits per heavy atom. The minimum Gasteiger partial charge on any atom is -0.440 e. The summed E-state index contributed by atoms with van der Waals surface area (Å²) in [7, 11) is 0. The maximum Gasteiger partial charge on any atom is 0.434 e. The number of rotatable bonds is 8. The Hall–Kier alpha value is -2.27. The van der Waals surface area contributed by atoms with Crippen LogP contribution in [-0.4, -0.2) is 53.0 Å². The molecule has 0 bridgehead atoms. The van der Waals surface area contributed by atoms with Gasteiger partial charge in [0.15, 0.2) is 0 Å². The normalized spacial score (nSPS) is 12.2. The zero-order valence-corrected chi connectivity index (χ0v) is 13.4. The van der Waals surface area contributed by atoms with Crippen LogP contribution in [-0.2, 0) is 0 Å². The molecular weight excluding hydrogens is 356 g/mol. The first-order valence-electron chi connectivity index (χ1n) is 7.18. The maximum absolute atomic E-state index is 12.6. The summed E-state index contributed by atoms with van der Waals surface area (Å²) in [5.41, 5.74) is 0. The van der Waals surface area contributed by atoms with E-state index >= 15 is 0 Å². The van der Waals surface area contributed by atoms with Crippen molar-refractivity contribution in [2.75, 3.05) is 29.9 Å². The number of anilines is 2. The van der Waals surface area contributed by atoms with Crippen LogP contribution < -0.4 is 15.0 Å². The van der Waals surface area contributed by atoms with E-state index in [1.54, 1.807) is 13.8 Å². The number of alkyl halides is 6. The Kier molecular flexibility index (Phi) is 6.82. The van der Waals surface area contributed by atoms with E-state index in [9.17, 15) is 26.3 Å². The number of nitrogens with zero attached hydrogens (tertiary/aromatic N) is 4. The molecule has 1 aromatic heterocycles. The van der Waals surface area contributed by atoms with E-state index in [1.165, 1.54) is 11.0 Å². The fourth-order valence-corrected chi connectivity index (χ4v) is 1.71. The van der Waals surface area contributed by atoms with Gasteiger partial charge in [0, 0.05) is 19.6 Å². The highest BCUT2D eigenvalue weighted by atomic mass is 19.4. The molecule has 6 nitrogen and oxygen atoms in total. The number of halogens is 6. The molecule has 0 radical (unpaired) electrons. The molecule has 12 heteroatoms. The Morgan fingerprint density at radius 2 is 1.64 bits per heavy atom. The molecule has 0 amide bonds. The minimum absolute atomic E-state index is 0.107. The van der Waals surface area contributed by atoms with Crippen LogP contribution in [0.25, 0.3) is 0 Å². The predicted molar refractivity (Wildman–Crippen MR) is 78.6 cm³/mol. The van der Waals surface area contributed by atoms with Crippen LogP contribution in [0.2, 0.25) is 0 Å². The van der Waals surface area contributed by atoms with E-state index in [2.05, 4.69) is 31.6 Å². The molecule has 142 valence electrons. The van der Waals surface area contributed by atoms with Gasteiger partial charge in [-0.15, -0.1) is 6.58 Å². The number of ether oxygens (including phenoxy) is 1. The van der Waals surface area contributed by atoms with Gasteiger partial charge in [-0.2, -0.15) is 41.3 Å². The van der Waals surface area contributed by atoms with Crippen LogP contribution in [0.4, 0.5) is 38.2 Å². The summed E-state index contributed by atoms with van der Waals surface area (Å²) in [5, 5.41) is 2.58. The lowest BCUT2D eigenvalue weighted by Gasteiger charge is -2.24. The van der Waals surface area contributed by atoms with Crippen molar-refractivity contribution in [2.24, 2.45) is 0 Å². The third-order valence-corrected chi connectivity index (χ3v) is 2.87. The number of hydrogen-bond acceptors (Lipinski definition) is 6. The first-order valence-corrected chi connectivity index (χ1v) is 7.18. The molecule has 0 aromatic carbocycles. The summed E-state index contributed by atoms with van der Waals surface area (Å²) in [6.07, 6.45) is -14.0. The van der Waals surface area contributed by atoms with Gasteiger partial charge in [0.1, 0.15) is 0 Å². The Morgan fingerprint density at radius 3 is 2.08 bits per heavy atom. The molecule has 0 saturated heterocycles. The number of nitrogens with one attached hydrogen (secondary N) is 1. The summed E-state index contributed by atoms with van der Waals surface area (Å²) in [6, 6.07) is -1.08. The fraction of sp³-hybridized carbons (Fsp3) is 0.615. The lowest BCUT2D eigenvalue weighted by atomic mass is 10.3. The molecule has 0 atom stereocenters. The Balaban J connectivity index is 3.27. The van der Waals surface area contributed by atoms with E-state index < -0.39 is 24.5 Å². The van der Waals surface area contributed by atoms with Gasteiger partial charge in [-0.05, 0) is 13.8 Å². The zero-order chi connectivity index (χ0) is 19.3. The van der Waals surface area contributed by atoms with Gasteiger partial charge in [0.05, 0.1) is 0 Å². The summed E-state index contributed by atoms with van der Waals surface area (Å²) in [6.45, 7) is 7.77. The second-order valence-corrected chi connectivity index (χ2v) is 4.66. The topological polar surface area (TPSA) is 63.2 Å². The standard InChI is InChI=1S/C13H17F6N5O/c1-4-7-20-9-21-10(24(5-2)6-3)23-11(22-9)25-8(12(14,15)16)13(17,18)19/h4,8H,1,5-7H2,2-3H3,(H,20,21,22,23). The molecule has 0 spiro atoms. The third kappa shape index (κ3) is 5.94. The van der Waals surface area contributed by atoms with E-state index in [0.29, 0.717) is 13.1 Å². The molecule has 0 saturated carbocycles. The van der Waals surface area contributed by atoms with Crippen molar-refractivity contribution < 1.29 is 31.1 Å². The second-order valence-electron chi connectivity index (χ2n) is 4.66. The van der Waals surface area contributed by atoms with Crippen molar-refractivity contribution in [2.45, 2.75) is 32.3 Å². The van der Waals surface area contributed by atoms with Crippen LogP contribution in [0.15, 0.2) is 12.7 Å². The molecule has 0 aliphatic heterocycles. The van der Waals surface area contributed by atoms with Gasteiger partial charge in [-0.1, -0.05) is 6.08 Å². The highest BCUT2D eigenvalue weighted by Gasteiger charge is 2.59. The molecule has 0 fully saturated rings. The SMILES string of the molecule is C=CCNc1nc(OC(C(F)(F)F)C(F)(F)F)nc(N(CC)CC)n1. The smallest absolute Gasteiger partial charge is 0.434 e. The van der Waals surface area contributed by atoms with E-state index in [4.69, 9.17) is 0 Å². The fourth-order valence-electron chi connectivity index (χ4n) is 1.71. The number of aromatic nitrogens is 3. The van der Waals surface area contributed by atoms with E-state index in [-0.39, 0.29) is 18.4 Å². The minimum atomic E-state index is -5.67. The maximum atomic E-state index is 12.6. The van der Waals surface area contributed by atoms with Crippen molar-refractivity contribution in [1.82, 2.24) is 15.0 Å². The summed E-state index contributed by atoms with van der Waals surface area (Å²) < 4.78 is 79.9. The molecule has 0 unspecified atom stereocenters. The molecule has 1 heterocycles.